The van der Waals surface area contributed by atoms with Crippen molar-refractivity contribution in [3.63, 3.8) is 0 Å². The minimum Gasteiger partial charge on any atom is -0.493 e. The molecule has 0 spiro atoms. The van der Waals surface area contributed by atoms with Gasteiger partial charge in [0.25, 0.3) is 0 Å². The molecule has 1 saturated heterocycles. The van der Waals surface area contributed by atoms with Crippen molar-refractivity contribution in [3.05, 3.63) is 90.0 Å². The van der Waals surface area contributed by atoms with Crippen molar-refractivity contribution >= 4 is 15.9 Å². The van der Waals surface area contributed by atoms with Crippen LogP contribution in [-0.4, -0.2) is 52.6 Å². The monoisotopic (exact) mass is 522 g/mol. The fourth-order valence-corrected chi connectivity index (χ4v) is 6.00. The van der Waals surface area contributed by atoms with Crippen molar-refractivity contribution in [2.24, 2.45) is 5.92 Å². The smallest absolute Gasteiger partial charge is 0.241 e. The van der Waals surface area contributed by atoms with Gasteiger partial charge in [0.1, 0.15) is 6.04 Å². The number of hydrogen-bond acceptors (Lipinski definition) is 5. The van der Waals surface area contributed by atoms with Crippen LogP contribution in [0.1, 0.15) is 24.0 Å². The molecule has 7 nitrogen and oxygen atoms in total. The number of carbonyl (C=O) groups is 1. The van der Waals surface area contributed by atoms with E-state index in [0.29, 0.717) is 30.5 Å². The van der Waals surface area contributed by atoms with Crippen molar-refractivity contribution in [1.82, 2.24) is 9.62 Å². The van der Waals surface area contributed by atoms with E-state index in [9.17, 15) is 13.2 Å². The van der Waals surface area contributed by atoms with E-state index in [1.165, 1.54) is 31.9 Å². The molecular weight excluding hydrogens is 488 g/mol. The third-order valence-corrected chi connectivity index (χ3v) is 8.31. The van der Waals surface area contributed by atoms with Gasteiger partial charge in [-0.2, -0.15) is 4.72 Å². The van der Waals surface area contributed by atoms with Crippen molar-refractivity contribution in [3.8, 4) is 11.5 Å². The fraction of sp³-hybridized carbons (Fsp3) is 0.345. The summed E-state index contributed by atoms with van der Waals surface area (Å²) in [5, 5.41) is 0. The van der Waals surface area contributed by atoms with Crippen molar-refractivity contribution in [1.29, 1.82) is 0 Å². The quantitative estimate of drug-likeness (QED) is 0.434. The van der Waals surface area contributed by atoms with E-state index in [-0.39, 0.29) is 17.2 Å². The zero-order valence-corrected chi connectivity index (χ0v) is 22.1. The molecule has 0 radical (unpaired) electrons. The van der Waals surface area contributed by atoms with E-state index in [2.05, 4.69) is 16.9 Å². The summed E-state index contributed by atoms with van der Waals surface area (Å²) >= 11 is 0. The molecule has 8 heteroatoms. The summed E-state index contributed by atoms with van der Waals surface area (Å²) in [5.74, 6) is 1.03. The minimum atomic E-state index is -4.01. The Morgan fingerprint density at radius 1 is 0.892 bits per heavy atom. The van der Waals surface area contributed by atoms with Gasteiger partial charge in [0.15, 0.2) is 11.5 Å². The van der Waals surface area contributed by atoms with Crippen LogP contribution in [-0.2, 0) is 27.7 Å². The molecular formula is C29H34N2O5S. The summed E-state index contributed by atoms with van der Waals surface area (Å²) in [6, 6.07) is 23.3. The van der Waals surface area contributed by atoms with E-state index in [4.69, 9.17) is 9.47 Å². The lowest BCUT2D eigenvalue weighted by Gasteiger charge is -2.34. The molecule has 4 rings (SSSR count). The number of likely N-dealkylation sites (tertiary alicyclic amines) is 1. The largest absolute Gasteiger partial charge is 0.493 e. The van der Waals surface area contributed by atoms with Crippen LogP contribution in [0.4, 0.5) is 0 Å². The lowest BCUT2D eigenvalue weighted by molar-refractivity contribution is -0.134. The summed E-state index contributed by atoms with van der Waals surface area (Å²) in [6.45, 7) is 1.22. The lowest BCUT2D eigenvalue weighted by atomic mass is 9.90. The van der Waals surface area contributed by atoms with Crippen LogP contribution in [0.15, 0.2) is 83.8 Å². The molecule has 1 aliphatic heterocycles. The number of carbonyl (C=O) groups excluding carboxylic acids is 1. The normalized spacial score (nSPS) is 15.2. The van der Waals surface area contributed by atoms with E-state index in [1.807, 2.05) is 48.5 Å². The van der Waals surface area contributed by atoms with Gasteiger partial charge in [-0.05, 0) is 54.9 Å². The molecule has 1 heterocycles. The summed E-state index contributed by atoms with van der Waals surface area (Å²) in [7, 11) is -1.07. The Hall–Kier alpha value is -3.36. The van der Waals surface area contributed by atoms with Crippen LogP contribution in [0.2, 0.25) is 0 Å². The molecule has 0 bridgehead atoms. The Balaban J connectivity index is 1.49. The maximum atomic E-state index is 13.7. The van der Waals surface area contributed by atoms with Gasteiger partial charge in [0.2, 0.25) is 15.9 Å². The Morgan fingerprint density at radius 3 is 2.08 bits per heavy atom. The molecule has 1 N–H and O–H groups in total. The maximum Gasteiger partial charge on any atom is 0.241 e. The third kappa shape index (κ3) is 6.90. The highest BCUT2D eigenvalue weighted by Gasteiger charge is 2.32. The highest BCUT2D eigenvalue weighted by atomic mass is 32.2. The molecule has 37 heavy (non-hydrogen) atoms. The van der Waals surface area contributed by atoms with Crippen LogP contribution in [0.25, 0.3) is 0 Å². The number of nitrogens with one attached hydrogen (secondary N) is 1. The van der Waals surface area contributed by atoms with Gasteiger partial charge in [-0.1, -0.05) is 60.7 Å². The molecule has 0 saturated carbocycles. The topological polar surface area (TPSA) is 84.9 Å². The van der Waals surface area contributed by atoms with E-state index in [1.54, 1.807) is 11.0 Å². The number of ether oxygens (including phenoxy) is 2. The predicted molar refractivity (Wildman–Crippen MR) is 143 cm³/mol. The van der Waals surface area contributed by atoms with Crippen molar-refractivity contribution in [2.45, 2.75) is 36.6 Å². The van der Waals surface area contributed by atoms with Crippen LogP contribution >= 0.6 is 0 Å². The molecule has 0 aromatic heterocycles. The van der Waals surface area contributed by atoms with E-state index < -0.39 is 16.1 Å². The standard InChI is InChI=1S/C29H34N2O5S/c1-35-27-14-13-25(21-28(27)36-2)37(33,34)30-26(20-23-11-7-4-8-12-23)29(32)31-17-15-24(16-18-31)19-22-9-5-3-6-10-22/h3-14,21,24,26,30H,15-20H2,1-2H3. The van der Waals surface area contributed by atoms with Gasteiger partial charge in [0, 0.05) is 19.2 Å². The van der Waals surface area contributed by atoms with Gasteiger partial charge in [-0.3, -0.25) is 4.79 Å². The first-order chi connectivity index (χ1) is 17.9. The second-order valence-electron chi connectivity index (χ2n) is 9.34. The number of rotatable bonds is 10. The van der Waals surface area contributed by atoms with Crippen LogP contribution in [0.5, 0.6) is 11.5 Å². The van der Waals surface area contributed by atoms with E-state index in [0.717, 1.165) is 24.8 Å². The number of sulfonamides is 1. The molecule has 196 valence electrons. The number of piperidine rings is 1. The Labute approximate surface area is 219 Å². The summed E-state index contributed by atoms with van der Waals surface area (Å²) < 4.78 is 39.9. The molecule has 1 fully saturated rings. The lowest BCUT2D eigenvalue weighted by Crippen LogP contribution is -2.51. The summed E-state index contributed by atoms with van der Waals surface area (Å²) in [6.07, 6.45) is 3.03. The molecule has 1 atom stereocenters. The first-order valence-electron chi connectivity index (χ1n) is 12.5. The van der Waals surface area contributed by atoms with Gasteiger partial charge < -0.3 is 14.4 Å². The number of hydrogen-bond donors (Lipinski definition) is 1. The molecule has 3 aromatic rings. The Morgan fingerprint density at radius 2 is 1.49 bits per heavy atom. The van der Waals surface area contributed by atoms with Crippen LogP contribution in [0.3, 0.4) is 0 Å². The first-order valence-corrected chi connectivity index (χ1v) is 14.0. The minimum absolute atomic E-state index is 0.0116. The average Bonchev–Trinajstić information content (AvgIpc) is 2.93. The molecule has 0 aliphatic carbocycles. The SMILES string of the molecule is COc1ccc(S(=O)(=O)NC(Cc2ccccc2)C(=O)N2CCC(Cc3ccccc3)CC2)cc1OC. The van der Waals surface area contributed by atoms with Gasteiger partial charge in [-0.15, -0.1) is 0 Å². The molecule has 1 unspecified atom stereocenters. The highest BCUT2D eigenvalue weighted by Crippen LogP contribution is 2.30. The summed E-state index contributed by atoms with van der Waals surface area (Å²) in [4.78, 5) is 15.5. The van der Waals surface area contributed by atoms with Gasteiger partial charge in [-0.25, -0.2) is 8.42 Å². The van der Waals surface area contributed by atoms with Crippen molar-refractivity contribution < 1.29 is 22.7 Å². The predicted octanol–water partition coefficient (Wildman–Crippen LogP) is 4.07. The fourth-order valence-electron chi connectivity index (χ4n) is 4.79. The number of benzene rings is 3. The second kappa shape index (κ2) is 12.3. The van der Waals surface area contributed by atoms with Crippen LogP contribution in [0, 0.1) is 5.92 Å². The average molecular weight is 523 g/mol. The number of methoxy groups -OCH3 is 2. The highest BCUT2D eigenvalue weighted by molar-refractivity contribution is 7.89. The second-order valence-corrected chi connectivity index (χ2v) is 11.1. The molecule has 1 amide bonds. The van der Waals surface area contributed by atoms with Gasteiger partial charge in [0.05, 0.1) is 19.1 Å². The van der Waals surface area contributed by atoms with E-state index >= 15 is 0 Å². The van der Waals surface area contributed by atoms with Crippen molar-refractivity contribution in [2.75, 3.05) is 27.3 Å². The Bertz CT molecular complexity index is 1270. The number of amides is 1. The first kappa shape index (κ1) is 26.7. The summed E-state index contributed by atoms with van der Waals surface area (Å²) in [5.41, 5.74) is 2.19. The Kier molecular flexibility index (Phi) is 8.84. The zero-order chi connectivity index (χ0) is 26.3. The van der Waals surface area contributed by atoms with Crippen LogP contribution < -0.4 is 14.2 Å². The maximum absolute atomic E-state index is 13.7. The number of nitrogens with zero attached hydrogens (tertiary/aromatic N) is 1. The van der Waals surface area contributed by atoms with Gasteiger partial charge >= 0.3 is 0 Å². The third-order valence-electron chi connectivity index (χ3n) is 6.84. The molecule has 1 aliphatic rings. The molecule has 3 aromatic carbocycles. The zero-order valence-electron chi connectivity index (χ0n) is 21.3.